The number of aldehydes is 1. The van der Waals surface area contributed by atoms with Crippen LogP contribution in [0.2, 0.25) is 0 Å². The maximum atomic E-state index is 13.4. The van der Waals surface area contributed by atoms with Crippen molar-refractivity contribution < 1.29 is 9.18 Å². The molecule has 0 atom stereocenters. The third kappa shape index (κ3) is 2.95. The van der Waals surface area contributed by atoms with E-state index in [1.165, 1.54) is 13.8 Å². The van der Waals surface area contributed by atoms with Gasteiger partial charge in [0.1, 0.15) is 12.0 Å². The summed E-state index contributed by atoms with van der Waals surface area (Å²) in [6.07, 6.45) is 2.15. The molecular weight excluding hydrogens is 179 g/mol. The molecule has 0 fully saturated rings. The average Bonchev–Trinajstić information content (AvgIpc) is 2.14. The van der Waals surface area contributed by atoms with Crippen LogP contribution >= 0.6 is 0 Å². The van der Waals surface area contributed by atoms with Gasteiger partial charge >= 0.3 is 0 Å². The van der Waals surface area contributed by atoms with Crippen LogP contribution < -0.4 is 0 Å². The highest BCUT2D eigenvalue weighted by atomic mass is 19.1. The monoisotopic (exact) mass is 194 g/mol. The first-order valence-corrected chi connectivity index (χ1v) is 4.76. The lowest BCUT2D eigenvalue weighted by Crippen LogP contribution is -2.08. The molecule has 0 aliphatic heterocycles. The van der Waals surface area contributed by atoms with Crippen molar-refractivity contribution in [1.29, 1.82) is 0 Å². The maximum absolute atomic E-state index is 13.4. The Labute approximate surface area is 83.9 Å². The second-order valence-corrected chi connectivity index (χ2v) is 3.87. The van der Waals surface area contributed by atoms with E-state index in [4.69, 9.17) is 0 Å². The van der Waals surface area contributed by atoms with Crippen molar-refractivity contribution in [2.24, 2.45) is 0 Å². The van der Waals surface area contributed by atoms with E-state index < -0.39 is 5.67 Å². The Balaban J connectivity index is 2.73. The fourth-order valence-electron chi connectivity index (χ4n) is 1.29. The lowest BCUT2D eigenvalue weighted by atomic mass is 9.98. The summed E-state index contributed by atoms with van der Waals surface area (Å²) < 4.78 is 13.4. The van der Waals surface area contributed by atoms with E-state index in [-0.39, 0.29) is 0 Å². The fourth-order valence-corrected chi connectivity index (χ4v) is 1.29. The van der Waals surface area contributed by atoms with Gasteiger partial charge in [0.25, 0.3) is 0 Å². The van der Waals surface area contributed by atoms with Crippen molar-refractivity contribution in [2.75, 3.05) is 0 Å². The number of carbonyl (C=O) groups excluding carboxylic acids is 1. The first-order valence-electron chi connectivity index (χ1n) is 4.76. The number of hydrogen-bond acceptors (Lipinski definition) is 1. The first-order chi connectivity index (χ1) is 6.54. The van der Waals surface area contributed by atoms with Crippen LogP contribution in [0.25, 0.3) is 0 Å². The molecule has 0 heterocycles. The molecule has 0 bridgehead atoms. The van der Waals surface area contributed by atoms with Crippen molar-refractivity contribution in [1.82, 2.24) is 0 Å². The van der Waals surface area contributed by atoms with Gasteiger partial charge < -0.3 is 4.79 Å². The molecule has 1 aromatic rings. The summed E-state index contributed by atoms with van der Waals surface area (Å²) in [4.78, 5) is 10.1. The molecule has 0 aliphatic carbocycles. The largest absolute Gasteiger partial charge is 0.303 e. The van der Waals surface area contributed by atoms with Gasteiger partial charge in [-0.25, -0.2) is 4.39 Å². The minimum Gasteiger partial charge on any atom is -0.303 e. The van der Waals surface area contributed by atoms with Crippen LogP contribution in [-0.4, -0.2) is 6.29 Å². The van der Waals surface area contributed by atoms with E-state index in [1.807, 2.05) is 12.1 Å². The Morgan fingerprint density at radius 1 is 1.29 bits per heavy atom. The van der Waals surface area contributed by atoms with Crippen LogP contribution in [0.1, 0.15) is 31.4 Å². The average molecular weight is 194 g/mol. The summed E-state index contributed by atoms with van der Waals surface area (Å²) in [6.45, 7) is 3.07. The van der Waals surface area contributed by atoms with Crippen LogP contribution in [0.5, 0.6) is 0 Å². The van der Waals surface area contributed by atoms with Gasteiger partial charge in [0.05, 0.1) is 0 Å². The molecule has 1 nitrogen and oxygen atoms in total. The molecule has 0 amide bonds. The highest BCUT2D eigenvalue weighted by Crippen LogP contribution is 2.24. The molecule has 76 valence electrons. The lowest BCUT2D eigenvalue weighted by Gasteiger charge is -2.14. The molecule has 1 rings (SSSR count). The minimum absolute atomic E-state index is 0.526. The number of rotatable bonds is 4. The van der Waals surface area contributed by atoms with Crippen LogP contribution in [0, 0.1) is 0 Å². The van der Waals surface area contributed by atoms with Crippen molar-refractivity contribution in [3.05, 3.63) is 35.4 Å². The quantitative estimate of drug-likeness (QED) is 0.673. The zero-order valence-electron chi connectivity index (χ0n) is 8.59. The van der Waals surface area contributed by atoms with Crippen molar-refractivity contribution >= 4 is 6.29 Å². The number of halogens is 1. The standard InChI is InChI=1S/C12H15FO/c1-12(2,13)11-7-5-10(6-8-11)4-3-9-14/h5-9H,3-4H2,1-2H3. The summed E-state index contributed by atoms with van der Waals surface area (Å²) in [6, 6.07) is 7.31. The van der Waals surface area contributed by atoms with Gasteiger partial charge in [-0.05, 0) is 31.4 Å². The molecule has 0 aliphatic rings. The second-order valence-electron chi connectivity index (χ2n) is 3.87. The molecule has 0 unspecified atom stereocenters. The minimum atomic E-state index is -1.29. The van der Waals surface area contributed by atoms with E-state index in [0.717, 1.165) is 18.3 Å². The summed E-state index contributed by atoms with van der Waals surface area (Å²) in [5.41, 5.74) is 0.459. The molecule has 0 aromatic heterocycles. The van der Waals surface area contributed by atoms with Crippen LogP contribution in [0.15, 0.2) is 24.3 Å². The molecule has 0 radical (unpaired) electrons. The Morgan fingerprint density at radius 2 is 1.86 bits per heavy atom. The van der Waals surface area contributed by atoms with Crippen LogP contribution in [-0.2, 0) is 16.9 Å². The van der Waals surface area contributed by atoms with E-state index in [0.29, 0.717) is 12.0 Å². The van der Waals surface area contributed by atoms with Gasteiger partial charge in [0, 0.05) is 6.42 Å². The normalized spacial score (nSPS) is 11.4. The van der Waals surface area contributed by atoms with E-state index in [2.05, 4.69) is 0 Å². The highest BCUT2D eigenvalue weighted by Gasteiger charge is 2.17. The molecule has 0 saturated carbocycles. The Hall–Kier alpha value is -1.18. The summed E-state index contributed by atoms with van der Waals surface area (Å²) in [7, 11) is 0. The van der Waals surface area contributed by atoms with Gasteiger partial charge in [0.15, 0.2) is 0 Å². The number of benzene rings is 1. The molecule has 0 spiro atoms. The number of hydrogen-bond donors (Lipinski definition) is 0. The predicted octanol–water partition coefficient (Wildman–Crippen LogP) is 3.02. The Kier molecular flexibility index (Phi) is 3.39. The van der Waals surface area contributed by atoms with Gasteiger partial charge in [-0.15, -0.1) is 0 Å². The lowest BCUT2D eigenvalue weighted by molar-refractivity contribution is -0.107. The zero-order chi connectivity index (χ0) is 10.6. The summed E-state index contributed by atoms with van der Waals surface area (Å²) in [5.74, 6) is 0. The molecule has 0 saturated heterocycles. The molecule has 2 heteroatoms. The van der Waals surface area contributed by atoms with E-state index >= 15 is 0 Å². The Bertz CT molecular complexity index is 295. The summed E-state index contributed by atoms with van der Waals surface area (Å²) in [5, 5.41) is 0. The van der Waals surface area contributed by atoms with Crippen LogP contribution in [0.3, 0.4) is 0 Å². The van der Waals surface area contributed by atoms with E-state index in [9.17, 15) is 9.18 Å². The predicted molar refractivity (Wildman–Crippen MR) is 55.0 cm³/mol. The topological polar surface area (TPSA) is 17.1 Å². The third-order valence-electron chi connectivity index (χ3n) is 2.19. The van der Waals surface area contributed by atoms with Gasteiger partial charge in [0.2, 0.25) is 0 Å². The molecular formula is C12H15FO. The first kappa shape index (κ1) is 10.9. The van der Waals surface area contributed by atoms with E-state index in [1.54, 1.807) is 12.1 Å². The van der Waals surface area contributed by atoms with Gasteiger partial charge in [-0.2, -0.15) is 0 Å². The number of aryl methyl sites for hydroxylation is 1. The van der Waals surface area contributed by atoms with Crippen molar-refractivity contribution in [3.8, 4) is 0 Å². The van der Waals surface area contributed by atoms with Crippen molar-refractivity contribution in [3.63, 3.8) is 0 Å². The number of alkyl halides is 1. The van der Waals surface area contributed by atoms with Gasteiger partial charge in [-0.1, -0.05) is 24.3 Å². The second kappa shape index (κ2) is 4.36. The fraction of sp³-hybridized carbons (Fsp3) is 0.417. The van der Waals surface area contributed by atoms with Crippen LogP contribution in [0.4, 0.5) is 4.39 Å². The zero-order valence-corrected chi connectivity index (χ0v) is 8.59. The molecule has 1 aromatic carbocycles. The van der Waals surface area contributed by atoms with Gasteiger partial charge in [-0.3, -0.25) is 0 Å². The maximum Gasteiger partial charge on any atom is 0.130 e. The number of carbonyl (C=O) groups is 1. The third-order valence-corrected chi connectivity index (χ3v) is 2.19. The Morgan fingerprint density at radius 3 is 2.29 bits per heavy atom. The SMILES string of the molecule is CC(C)(F)c1ccc(CCC=O)cc1. The highest BCUT2D eigenvalue weighted by molar-refractivity contribution is 5.50. The molecule has 14 heavy (non-hydrogen) atoms. The smallest absolute Gasteiger partial charge is 0.130 e. The molecule has 0 N–H and O–H groups in total. The summed E-state index contributed by atoms with van der Waals surface area (Å²) >= 11 is 0. The van der Waals surface area contributed by atoms with Crippen molar-refractivity contribution in [2.45, 2.75) is 32.4 Å².